The van der Waals surface area contributed by atoms with Gasteiger partial charge in [-0.1, -0.05) is 374 Å². The van der Waals surface area contributed by atoms with Crippen molar-refractivity contribution in [2.45, 2.75) is 559 Å². The third-order valence-electron chi connectivity index (χ3n) is 20.9. The lowest BCUT2D eigenvalue weighted by molar-refractivity contribution is 0.171. The highest BCUT2D eigenvalue weighted by Crippen LogP contribution is 2.20. The van der Waals surface area contributed by atoms with Crippen LogP contribution in [0.25, 0.3) is 0 Å². The fourth-order valence-corrected chi connectivity index (χ4v) is 14.8. The lowest BCUT2D eigenvalue weighted by Crippen LogP contribution is -2.37. The summed E-state index contributed by atoms with van der Waals surface area (Å²) >= 11 is 0. The molecule has 4 heteroatoms. The van der Waals surface area contributed by atoms with Gasteiger partial charge in [-0.3, -0.25) is 19.6 Å². The first-order valence-corrected chi connectivity index (χ1v) is 44.4. The molecule has 0 aliphatic heterocycles. The minimum atomic E-state index is 0.691. The van der Waals surface area contributed by atoms with Crippen LogP contribution in [0.1, 0.15) is 511 Å². The standard InChI is InChI=1S/C24H51N.C23H49N.C22H47N.C21H45N/c1-6-7-8-9-10-11-12-13-14-15-16-17-18-19-20-21-22-25(23(2)3)24(4)5;1-6-7-8-9-10-11-12-13-14-15-16-17-18-19-20-21-24(22(2)3)23(4)5;1-6-7-8-9-10-11-12-13-14-15-16-17-18-19-20-23(21(2)3)22(4)5;1-6-7-8-9-10-11-12-13-14-15-16-17-18-19-22(20(2)3)21(4)5/h23-24H,6-22H2,1-5H3;22-23H,6-21H2,1-5H3;21-22H,6-20H2,1-5H3;20-21H,6-19H2,1-5H3. The Bertz CT molecular complexity index is 1270. The first kappa shape index (κ1) is 100. The number of nitrogens with zero attached hydrogens (tertiary/aromatic N) is 4. The van der Waals surface area contributed by atoms with Crippen molar-refractivity contribution >= 4 is 0 Å². The van der Waals surface area contributed by atoms with Crippen molar-refractivity contribution in [2.24, 2.45) is 0 Å². The van der Waals surface area contributed by atoms with Crippen LogP contribution >= 0.6 is 0 Å². The van der Waals surface area contributed by atoms with Gasteiger partial charge in [0.15, 0.2) is 0 Å². The Morgan fingerprint density at radius 1 is 0.117 bits per heavy atom. The molecule has 0 fully saturated rings. The average molecular weight is 1330 g/mol. The molecule has 572 valence electrons. The predicted molar refractivity (Wildman–Crippen MR) is 438 cm³/mol. The van der Waals surface area contributed by atoms with Gasteiger partial charge in [-0.15, -0.1) is 0 Å². The van der Waals surface area contributed by atoms with Gasteiger partial charge in [0.05, 0.1) is 0 Å². The predicted octanol–water partition coefficient (Wildman–Crippen LogP) is 31.1. The summed E-state index contributed by atoms with van der Waals surface area (Å²) in [7, 11) is 0. The zero-order chi connectivity index (χ0) is 70.8. The molecule has 0 atom stereocenters. The molecule has 0 amide bonds. The van der Waals surface area contributed by atoms with E-state index in [1.807, 2.05) is 0 Å². The molecule has 0 aromatic carbocycles. The van der Waals surface area contributed by atoms with Crippen LogP contribution in [0, 0.1) is 0 Å². The second kappa shape index (κ2) is 81.8. The van der Waals surface area contributed by atoms with Crippen LogP contribution < -0.4 is 0 Å². The van der Waals surface area contributed by atoms with Gasteiger partial charge in [0.25, 0.3) is 0 Å². The van der Waals surface area contributed by atoms with Gasteiger partial charge in [-0.25, -0.2) is 0 Å². The smallest absolute Gasteiger partial charge is 0.00412 e. The van der Waals surface area contributed by atoms with E-state index < -0.39 is 0 Å². The molecule has 0 bridgehead atoms. The molecule has 0 unspecified atom stereocenters. The number of unbranched alkanes of at least 4 members (excludes halogenated alkanes) is 54. The lowest BCUT2D eigenvalue weighted by atomic mass is 10.0. The number of rotatable bonds is 70. The lowest BCUT2D eigenvalue weighted by Gasteiger charge is -2.30. The third kappa shape index (κ3) is 79.2. The third-order valence-corrected chi connectivity index (χ3v) is 20.9. The van der Waals surface area contributed by atoms with Crippen LogP contribution in [0.15, 0.2) is 0 Å². The van der Waals surface area contributed by atoms with Crippen LogP contribution in [0.2, 0.25) is 0 Å². The molecule has 0 spiro atoms. The Morgan fingerprint density at radius 2 is 0.191 bits per heavy atom. The van der Waals surface area contributed by atoms with Gasteiger partial charge < -0.3 is 0 Å². The first-order valence-electron chi connectivity index (χ1n) is 44.4. The molecule has 0 rings (SSSR count). The molecule has 0 aliphatic carbocycles. The van der Waals surface area contributed by atoms with E-state index in [2.05, 4.69) is 158 Å². The largest absolute Gasteiger partial charge is 0.299 e. The normalized spacial score (nSPS) is 12.0. The van der Waals surface area contributed by atoms with Crippen LogP contribution in [0.4, 0.5) is 0 Å². The zero-order valence-electron chi connectivity index (χ0n) is 70.2. The molecule has 0 heterocycles. The average Bonchev–Trinajstić information content (AvgIpc) is 2.08. The molecule has 0 aliphatic rings. The summed E-state index contributed by atoms with van der Waals surface area (Å²) in [4.78, 5) is 10.5. The Labute approximate surface area is 601 Å². The minimum absolute atomic E-state index is 0.691. The SMILES string of the molecule is CCCCCCCCCCCCCCCCCCN(C(C)C)C(C)C.CCCCCCCCCCCCCCCCCN(C(C)C)C(C)C.CCCCCCCCCCCCCCCCN(C(C)C)C(C)C.CCCCCCCCCCCCCCCN(C(C)C)C(C)C. The number of hydrogen-bond donors (Lipinski definition) is 0. The highest BCUT2D eigenvalue weighted by atomic mass is 15.2. The highest BCUT2D eigenvalue weighted by molar-refractivity contribution is 4.71. The van der Waals surface area contributed by atoms with Crippen molar-refractivity contribution in [1.29, 1.82) is 0 Å². The molecule has 0 saturated carbocycles. The summed E-state index contributed by atoms with van der Waals surface area (Å²) in [6, 6.07) is 5.53. The Balaban J connectivity index is -0.000000575. The Morgan fingerprint density at radius 3 is 0.266 bits per heavy atom. The zero-order valence-corrected chi connectivity index (χ0v) is 70.2. The summed E-state index contributed by atoms with van der Waals surface area (Å²) in [5.41, 5.74) is 0. The highest BCUT2D eigenvalue weighted by Gasteiger charge is 2.15. The van der Waals surface area contributed by atoms with Crippen molar-refractivity contribution in [3.05, 3.63) is 0 Å². The van der Waals surface area contributed by atoms with Crippen LogP contribution in [0.5, 0.6) is 0 Å². The molecule has 0 aromatic rings. The second-order valence-corrected chi connectivity index (χ2v) is 32.8. The van der Waals surface area contributed by atoms with E-state index in [1.54, 1.807) is 0 Å². The van der Waals surface area contributed by atoms with Crippen LogP contribution in [-0.4, -0.2) is 94.1 Å². The fourth-order valence-electron chi connectivity index (χ4n) is 14.8. The molecule has 4 nitrogen and oxygen atoms in total. The maximum Gasteiger partial charge on any atom is 0.00412 e. The van der Waals surface area contributed by atoms with E-state index >= 15 is 0 Å². The second-order valence-electron chi connectivity index (χ2n) is 32.8. The van der Waals surface area contributed by atoms with E-state index in [0.717, 1.165) is 0 Å². The van der Waals surface area contributed by atoms with Gasteiger partial charge in [0, 0.05) is 48.3 Å². The molecule has 0 saturated heterocycles. The molecular formula is C90H192N4. The van der Waals surface area contributed by atoms with Crippen LogP contribution in [0.3, 0.4) is 0 Å². The van der Waals surface area contributed by atoms with Gasteiger partial charge in [-0.05, 0) is 163 Å². The summed E-state index contributed by atoms with van der Waals surface area (Å²) < 4.78 is 0. The molecule has 94 heavy (non-hydrogen) atoms. The topological polar surface area (TPSA) is 13.0 Å². The van der Waals surface area contributed by atoms with Gasteiger partial charge in [0.1, 0.15) is 0 Å². The van der Waals surface area contributed by atoms with E-state index in [1.165, 1.54) is 399 Å². The van der Waals surface area contributed by atoms with E-state index in [0.29, 0.717) is 48.3 Å². The molecule has 0 radical (unpaired) electrons. The monoisotopic (exact) mass is 1330 g/mol. The van der Waals surface area contributed by atoms with E-state index in [-0.39, 0.29) is 0 Å². The maximum absolute atomic E-state index is 2.63. The summed E-state index contributed by atoms with van der Waals surface area (Å²) in [6.45, 7) is 51.5. The van der Waals surface area contributed by atoms with Gasteiger partial charge in [-0.2, -0.15) is 0 Å². The van der Waals surface area contributed by atoms with Crippen molar-refractivity contribution in [2.75, 3.05) is 26.2 Å². The molecule has 0 aromatic heterocycles. The Hall–Kier alpha value is -0.160. The summed E-state index contributed by atoms with van der Waals surface area (Å²) in [6.07, 6.45) is 84.1. The Kier molecular flexibility index (Phi) is 87.2. The summed E-state index contributed by atoms with van der Waals surface area (Å²) in [5, 5.41) is 0. The fraction of sp³-hybridized carbons (Fsp3) is 1.00. The van der Waals surface area contributed by atoms with Crippen molar-refractivity contribution in [3.63, 3.8) is 0 Å². The van der Waals surface area contributed by atoms with Crippen LogP contribution in [-0.2, 0) is 0 Å². The quantitative estimate of drug-likeness (QED) is 0.0563. The molecular weight excluding hydrogens is 1140 g/mol. The van der Waals surface area contributed by atoms with Gasteiger partial charge >= 0.3 is 0 Å². The van der Waals surface area contributed by atoms with E-state index in [4.69, 9.17) is 0 Å². The minimum Gasteiger partial charge on any atom is -0.299 e. The molecule has 0 N–H and O–H groups in total. The van der Waals surface area contributed by atoms with Gasteiger partial charge in [0.2, 0.25) is 0 Å². The first-order chi connectivity index (χ1) is 45.4. The summed E-state index contributed by atoms with van der Waals surface area (Å²) in [5.74, 6) is 0. The number of hydrogen-bond acceptors (Lipinski definition) is 4. The van der Waals surface area contributed by atoms with E-state index in [9.17, 15) is 0 Å². The van der Waals surface area contributed by atoms with Crippen molar-refractivity contribution in [1.82, 2.24) is 19.6 Å². The maximum atomic E-state index is 2.63. The van der Waals surface area contributed by atoms with Crippen molar-refractivity contribution < 1.29 is 0 Å². The van der Waals surface area contributed by atoms with Crippen molar-refractivity contribution in [3.8, 4) is 0 Å².